The average molecular weight is 462 g/mol. The highest BCUT2D eigenvalue weighted by atomic mass is 16.5. The van der Waals surface area contributed by atoms with E-state index in [-0.39, 0.29) is 5.41 Å². The van der Waals surface area contributed by atoms with Crippen LogP contribution in [-0.2, 0) is 21.6 Å². The van der Waals surface area contributed by atoms with E-state index in [1.54, 1.807) is 4.68 Å². The van der Waals surface area contributed by atoms with Crippen LogP contribution in [0.1, 0.15) is 63.8 Å². The third-order valence-electron chi connectivity index (χ3n) is 5.80. The Morgan fingerprint density at radius 2 is 1.85 bits per heavy atom. The number of anilines is 1. The average Bonchev–Trinajstić information content (AvgIpc) is 3.28. The molecule has 0 aliphatic carbocycles. The molecule has 1 aromatic heterocycles. The number of allylic oxidation sites excluding steroid dienone is 1. The normalized spacial score (nSPS) is 15.5. The summed E-state index contributed by atoms with van der Waals surface area (Å²) in [6.45, 7) is 11.1. The van der Waals surface area contributed by atoms with Gasteiger partial charge in [0.25, 0.3) is 0 Å². The van der Waals surface area contributed by atoms with Crippen molar-refractivity contribution in [2.75, 3.05) is 11.9 Å². The molecule has 8 nitrogen and oxygen atoms in total. The van der Waals surface area contributed by atoms with E-state index in [4.69, 9.17) is 9.47 Å². The van der Waals surface area contributed by atoms with Crippen LogP contribution >= 0.6 is 0 Å². The summed E-state index contributed by atoms with van der Waals surface area (Å²) in [6.07, 6.45) is 0.736. The number of fused-ring (bicyclic) bond motifs is 1. The fourth-order valence-corrected chi connectivity index (χ4v) is 3.94. The Hall–Kier alpha value is -3.68. The van der Waals surface area contributed by atoms with Crippen molar-refractivity contribution in [2.45, 2.75) is 59.1 Å². The molecule has 0 saturated heterocycles. The molecule has 0 fully saturated rings. The first kappa shape index (κ1) is 23.5. The lowest BCUT2D eigenvalue weighted by molar-refractivity contribution is -0.139. The Kier molecular flexibility index (Phi) is 6.68. The Balaban J connectivity index is 1.65. The van der Waals surface area contributed by atoms with Gasteiger partial charge in [0.15, 0.2) is 0 Å². The molecule has 0 radical (unpaired) electrons. The van der Waals surface area contributed by atoms with Crippen LogP contribution in [0.3, 0.4) is 0 Å². The first-order chi connectivity index (χ1) is 16.3. The van der Waals surface area contributed by atoms with Gasteiger partial charge in [-0.05, 0) is 46.4 Å². The van der Waals surface area contributed by atoms with Gasteiger partial charge in [-0.3, -0.25) is 0 Å². The molecule has 0 spiro atoms. The molecular formula is C26H31N5O3. The van der Waals surface area contributed by atoms with Crippen molar-refractivity contribution in [1.82, 2.24) is 20.2 Å². The highest BCUT2D eigenvalue weighted by molar-refractivity contribution is 5.92. The predicted molar refractivity (Wildman–Crippen MR) is 129 cm³/mol. The number of aromatic nitrogens is 4. The molecule has 3 aromatic rings. The maximum atomic E-state index is 13.0. The zero-order valence-corrected chi connectivity index (χ0v) is 20.3. The SMILES string of the molecule is CCCOC(=O)C1=C(C)Nc2nnnn2C1c1ccccc1OCc1ccc(C(C)(C)C)cc1. The second kappa shape index (κ2) is 9.67. The van der Waals surface area contributed by atoms with Crippen molar-refractivity contribution in [2.24, 2.45) is 0 Å². The highest BCUT2D eigenvalue weighted by Crippen LogP contribution is 2.39. The van der Waals surface area contributed by atoms with Crippen LogP contribution < -0.4 is 10.1 Å². The maximum Gasteiger partial charge on any atom is 0.338 e. The van der Waals surface area contributed by atoms with Gasteiger partial charge in [-0.1, -0.05) is 75.3 Å². The quantitative estimate of drug-likeness (QED) is 0.506. The summed E-state index contributed by atoms with van der Waals surface area (Å²) >= 11 is 0. The van der Waals surface area contributed by atoms with Crippen LogP contribution in [0.15, 0.2) is 59.8 Å². The lowest BCUT2D eigenvalue weighted by Gasteiger charge is -2.28. The molecule has 0 saturated carbocycles. The number of para-hydroxylation sites is 1. The van der Waals surface area contributed by atoms with Crippen molar-refractivity contribution >= 4 is 11.9 Å². The van der Waals surface area contributed by atoms with Crippen LogP contribution in [0.2, 0.25) is 0 Å². The van der Waals surface area contributed by atoms with E-state index < -0.39 is 12.0 Å². The standard InChI is InChI=1S/C26H31N5O3/c1-6-15-33-24(32)22-17(2)27-25-28-29-30-31(25)23(22)20-9-7-8-10-21(20)34-16-18-11-13-19(14-12-18)26(3,4)5/h7-14,23H,6,15-16H2,1-5H3,(H,27,28,30). The number of hydrogen-bond donors (Lipinski definition) is 1. The molecule has 0 bridgehead atoms. The third kappa shape index (κ3) is 4.81. The van der Waals surface area contributed by atoms with Crippen molar-refractivity contribution in [1.29, 1.82) is 0 Å². The largest absolute Gasteiger partial charge is 0.489 e. The number of esters is 1. The van der Waals surface area contributed by atoms with Crippen LogP contribution in [0.5, 0.6) is 5.75 Å². The number of nitrogens with one attached hydrogen (secondary N) is 1. The number of hydrogen-bond acceptors (Lipinski definition) is 7. The Morgan fingerprint density at radius 1 is 1.12 bits per heavy atom. The maximum absolute atomic E-state index is 13.0. The Morgan fingerprint density at radius 3 is 2.56 bits per heavy atom. The van der Waals surface area contributed by atoms with Crippen LogP contribution in [0, 0.1) is 0 Å². The van der Waals surface area contributed by atoms with Crippen molar-refractivity contribution in [3.05, 3.63) is 76.5 Å². The van der Waals surface area contributed by atoms with Crippen LogP contribution in [0.25, 0.3) is 0 Å². The predicted octanol–water partition coefficient (Wildman–Crippen LogP) is 4.79. The van der Waals surface area contributed by atoms with E-state index in [0.717, 1.165) is 17.5 Å². The number of nitrogens with zero attached hydrogens (tertiary/aromatic N) is 4. The highest BCUT2D eigenvalue weighted by Gasteiger charge is 2.36. The molecule has 34 heavy (non-hydrogen) atoms. The molecule has 1 aliphatic rings. The minimum Gasteiger partial charge on any atom is -0.489 e. The van der Waals surface area contributed by atoms with E-state index in [2.05, 4.69) is 65.9 Å². The van der Waals surface area contributed by atoms with Crippen LogP contribution in [-0.4, -0.2) is 32.8 Å². The van der Waals surface area contributed by atoms with Gasteiger partial charge in [0.1, 0.15) is 18.4 Å². The topological polar surface area (TPSA) is 91.2 Å². The van der Waals surface area contributed by atoms with Gasteiger partial charge in [-0.25, -0.2) is 4.79 Å². The summed E-state index contributed by atoms with van der Waals surface area (Å²) in [5.41, 5.74) is 4.32. The summed E-state index contributed by atoms with van der Waals surface area (Å²) in [7, 11) is 0. The summed E-state index contributed by atoms with van der Waals surface area (Å²) in [5, 5.41) is 15.1. The number of benzene rings is 2. The van der Waals surface area contributed by atoms with E-state index in [1.165, 1.54) is 5.56 Å². The minimum atomic E-state index is -0.574. The Bertz CT molecular complexity index is 1190. The van der Waals surface area contributed by atoms with E-state index in [9.17, 15) is 4.79 Å². The monoisotopic (exact) mass is 461 g/mol. The summed E-state index contributed by atoms with van der Waals surface area (Å²) in [5.74, 6) is 0.719. The number of tetrazole rings is 1. The van der Waals surface area contributed by atoms with Gasteiger partial charge in [-0.2, -0.15) is 4.68 Å². The lowest BCUT2D eigenvalue weighted by atomic mass is 9.87. The summed E-state index contributed by atoms with van der Waals surface area (Å²) < 4.78 is 13.3. The number of ether oxygens (including phenoxy) is 2. The fraction of sp³-hybridized carbons (Fsp3) is 0.385. The molecule has 1 unspecified atom stereocenters. The molecule has 8 heteroatoms. The lowest BCUT2D eigenvalue weighted by Crippen LogP contribution is -2.30. The van der Waals surface area contributed by atoms with Crippen molar-refractivity contribution in [3.63, 3.8) is 0 Å². The molecule has 1 atom stereocenters. The fourth-order valence-electron chi connectivity index (χ4n) is 3.94. The second-order valence-corrected chi connectivity index (χ2v) is 9.42. The second-order valence-electron chi connectivity index (χ2n) is 9.42. The zero-order valence-electron chi connectivity index (χ0n) is 20.3. The third-order valence-corrected chi connectivity index (χ3v) is 5.80. The first-order valence-electron chi connectivity index (χ1n) is 11.5. The molecule has 0 amide bonds. The number of carbonyl (C=O) groups excluding carboxylic acids is 1. The Labute approximate surface area is 200 Å². The molecule has 2 aromatic carbocycles. The summed E-state index contributed by atoms with van der Waals surface area (Å²) in [4.78, 5) is 13.0. The van der Waals surface area contributed by atoms with Crippen molar-refractivity contribution in [3.8, 4) is 5.75 Å². The molecule has 178 valence electrons. The van der Waals surface area contributed by atoms with E-state index >= 15 is 0 Å². The van der Waals surface area contributed by atoms with E-state index in [1.807, 2.05) is 38.1 Å². The molecule has 1 aliphatic heterocycles. The minimum absolute atomic E-state index is 0.0948. The van der Waals surface area contributed by atoms with E-state index in [0.29, 0.717) is 36.2 Å². The molecule has 2 heterocycles. The van der Waals surface area contributed by atoms with Gasteiger partial charge >= 0.3 is 5.97 Å². The van der Waals surface area contributed by atoms with Gasteiger partial charge in [0.2, 0.25) is 5.95 Å². The van der Waals surface area contributed by atoms with Gasteiger partial charge in [0, 0.05) is 11.3 Å². The first-order valence-corrected chi connectivity index (χ1v) is 11.5. The van der Waals surface area contributed by atoms with Gasteiger partial charge < -0.3 is 14.8 Å². The zero-order chi connectivity index (χ0) is 24.3. The van der Waals surface area contributed by atoms with Crippen molar-refractivity contribution < 1.29 is 14.3 Å². The van der Waals surface area contributed by atoms with Gasteiger partial charge in [-0.15, -0.1) is 0 Å². The smallest absolute Gasteiger partial charge is 0.338 e. The van der Waals surface area contributed by atoms with Crippen LogP contribution in [0.4, 0.5) is 5.95 Å². The number of carbonyl (C=O) groups is 1. The summed E-state index contributed by atoms with van der Waals surface area (Å²) in [6, 6.07) is 15.5. The van der Waals surface area contributed by atoms with Gasteiger partial charge in [0.05, 0.1) is 12.2 Å². The molecule has 1 N–H and O–H groups in total. The molecule has 4 rings (SSSR count). The molecular weight excluding hydrogens is 430 g/mol. The number of rotatable bonds is 7.